The van der Waals surface area contributed by atoms with E-state index in [1.807, 2.05) is 0 Å². The fourth-order valence-electron chi connectivity index (χ4n) is 2.21. The smallest absolute Gasteiger partial charge is 0.343 e. The van der Waals surface area contributed by atoms with Gasteiger partial charge in [0.05, 0.1) is 12.2 Å². The first kappa shape index (κ1) is 20.4. The number of hydrogen-bond donors (Lipinski definition) is 1. The molecular weight excluding hydrogens is 379 g/mol. The number of nitrogens with one attached hydrogen (secondary N) is 1. The highest BCUT2D eigenvalue weighted by atomic mass is 35.5. The number of esters is 1. The molecule has 1 N–H and O–H groups in total. The molecule has 0 aliphatic rings. The third-order valence-electron chi connectivity index (χ3n) is 3.62. The van der Waals surface area contributed by atoms with Gasteiger partial charge in [-0.1, -0.05) is 11.6 Å². The number of nitrogens with zero attached hydrogens (tertiary/aromatic N) is 3. The van der Waals surface area contributed by atoms with E-state index in [9.17, 15) is 18.8 Å². The normalized spacial score (nSPS) is 10.4. The van der Waals surface area contributed by atoms with Crippen LogP contribution in [-0.2, 0) is 21.4 Å². The molecule has 0 aliphatic heterocycles. The lowest BCUT2D eigenvalue weighted by Crippen LogP contribution is -2.37. The molecule has 0 aliphatic carbocycles. The maximum absolute atomic E-state index is 12.8. The summed E-state index contributed by atoms with van der Waals surface area (Å²) in [5.74, 6) is -2.25. The Balaban J connectivity index is 1.85. The van der Waals surface area contributed by atoms with Gasteiger partial charge in [0.25, 0.3) is 5.91 Å². The minimum atomic E-state index is -0.775. The van der Waals surface area contributed by atoms with Crippen LogP contribution in [0.4, 0.5) is 10.1 Å². The molecule has 0 unspecified atom stereocenters. The molecule has 0 atom stereocenters. The molecule has 2 amide bonds. The minimum absolute atomic E-state index is 0.0867. The van der Waals surface area contributed by atoms with Crippen LogP contribution in [-0.4, -0.2) is 52.7 Å². The predicted octanol–water partition coefficient (Wildman–Crippen LogP) is 1.77. The summed E-state index contributed by atoms with van der Waals surface area (Å²) >= 11 is 5.97. The quantitative estimate of drug-likeness (QED) is 0.751. The standard InChI is InChI=1S/C17H18ClFN4O4/c1-10-15(16(18)23(3)21-10)17(26)27-9-14(25)22(2)8-13(24)20-12-6-4-11(19)5-7-12/h4-7H,8-9H2,1-3H3,(H,20,24). The highest BCUT2D eigenvalue weighted by molar-refractivity contribution is 6.32. The maximum Gasteiger partial charge on any atom is 0.343 e. The summed E-state index contributed by atoms with van der Waals surface area (Å²) in [6.07, 6.45) is 0. The second-order valence-corrected chi connectivity index (χ2v) is 6.11. The third-order valence-corrected chi connectivity index (χ3v) is 4.05. The van der Waals surface area contributed by atoms with Crippen molar-refractivity contribution < 1.29 is 23.5 Å². The van der Waals surface area contributed by atoms with Crippen LogP contribution in [0.1, 0.15) is 16.1 Å². The lowest BCUT2D eigenvalue weighted by Gasteiger charge is -2.16. The number of likely N-dealkylation sites (N-methyl/N-ethyl adjacent to an activating group) is 1. The van der Waals surface area contributed by atoms with E-state index in [2.05, 4.69) is 10.4 Å². The van der Waals surface area contributed by atoms with E-state index in [0.717, 1.165) is 4.90 Å². The average molecular weight is 397 g/mol. The van der Waals surface area contributed by atoms with Crippen LogP contribution >= 0.6 is 11.6 Å². The largest absolute Gasteiger partial charge is 0.452 e. The Morgan fingerprint density at radius 2 is 1.93 bits per heavy atom. The van der Waals surface area contributed by atoms with E-state index in [-0.39, 0.29) is 17.3 Å². The Morgan fingerprint density at radius 1 is 1.30 bits per heavy atom. The summed E-state index contributed by atoms with van der Waals surface area (Å²) in [6, 6.07) is 5.21. The van der Waals surface area contributed by atoms with E-state index in [0.29, 0.717) is 11.4 Å². The fraction of sp³-hybridized carbons (Fsp3) is 0.294. The lowest BCUT2D eigenvalue weighted by molar-refractivity contribution is -0.136. The summed E-state index contributed by atoms with van der Waals surface area (Å²) in [5.41, 5.74) is 0.867. The summed E-state index contributed by atoms with van der Waals surface area (Å²) in [7, 11) is 2.97. The van der Waals surface area contributed by atoms with Crippen LogP contribution in [0.15, 0.2) is 24.3 Å². The zero-order valence-electron chi connectivity index (χ0n) is 15.0. The number of carbonyl (C=O) groups is 3. The van der Waals surface area contributed by atoms with Crippen molar-refractivity contribution in [1.82, 2.24) is 14.7 Å². The Hall–Kier alpha value is -2.94. The molecule has 8 nitrogen and oxygen atoms in total. The zero-order valence-corrected chi connectivity index (χ0v) is 15.7. The summed E-state index contributed by atoms with van der Waals surface area (Å²) in [6.45, 7) is 0.778. The first-order valence-corrected chi connectivity index (χ1v) is 8.22. The molecule has 27 heavy (non-hydrogen) atoms. The summed E-state index contributed by atoms with van der Waals surface area (Å²) in [4.78, 5) is 37.2. The van der Waals surface area contributed by atoms with Gasteiger partial charge in [-0.3, -0.25) is 14.3 Å². The molecule has 0 bridgehead atoms. The molecule has 0 saturated carbocycles. The molecule has 2 aromatic rings. The first-order chi connectivity index (χ1) is 12.7. The third kappa shape index (κ3) is 5.27. The van der Waals surface area contributed by atoms with E-state index >= 15 is 0 Å². The molecule has 0 saturated heterocycles. The van der Waals surface area contributed by atoms with Crippen molar-refractivity contribution in [2.75, 3.05) is 25.5 Å². The molecule has 1 aromatic heterocycles. The second kappa shape index (κ2) is 8.63. The van der Waals surface area contributed by atoms with Gasteiger partial charge in [0.1, 0.15) is 16.5 Å². The van der Waals surface area contributed by atoms with Crippen molar-refractivity contribution >= 4 is 35.1 Å². The molecule has 144 valence electrons. The molecule has 0 radical (unpaired) electrons. The van der Waals surface area contributed by atoms with Crippen LogP contribution in [0, 0.1) is 12.7 Å². The summed E-state index contributed by atoms with van der Waals surface area (Å²) in [5, 5.41) is 6.63. The molecule has 10 heteroatoms. The molecule has 1 heterocycles. The first-order valence-electron chi connectivity index (χ1n) is 7.84. The van der Waals surface area contributed by atoms with Gasteiger partial charge < -0.3 is 15.0 Å². The Kier molecular flexibility index (Phi) is 6.51. The minimum Gasteiger partial charge on any atom is -0.452 e. The average Bonchev–Trinajstić information content (AvgIpc) is 2.86. The fourth-order valence-corrected chi connectivity index (χ4v) is 2.46. The zero-order chi connectivity index (χ0) is 20.1. The van der Waals surface area contributed by atoms with Gasteiger partial charge in [0.2, 0.25) is 5.91 Å². The molecule has 2 rings (SSSR count). The number of ether oxygens (including phenoxy) is 1. The van der Waals surface area contributed by atoms with Crippen molar-refractivity contribution in [2.24, 2.45) is 7.05 Å². The molecule has 0 fully saturated rings. The van der Waals surface area contributed by atoms with Crippen molar-refractivity contribution in [2.45, 2.75) is 6.92 Å². The van der Waals surface area contributed by atoms with Crippen LogP contribution in [0.5, 0.6) is 0 Å². The second-order valence-electron chi connectivity index (χ2n) is 5.76. The van der Waals surface area contributed by atoms with Gasteiger partial charge in [-0.15, -0.1) is 0 Å². The van der Waals surface area contributed by atoms with E-state index in [1.165, 1.54) is 36.0 Å². The van der Waals surface area contributed by atoms with Gasteiger partial charge in [-0.25, -0.2) is 9.18 Å². The van der Waals surface area contributed by atoms with E-state index in [4.69, 9.17) is 16.3 Å². The monoisotopic (exact) mass is 396 g/mol. The SMILES string of the molecule is Cc1nn(C)c(Cl)c1C(=O)OCC(=O)N(C)CC(=O)Nc1ccc(F)cc1. The Labute approximate surface area is 159 Å². The van der Waals surface area contributed by atoms with Gasteiger partial charge in [0, 0.05) is 19.8 Å². The predicted molar refractivity (Wildman–Crippen MR) is 95.9 cm³/mol. The molecular formula is C17H18ClFN4O4. The van der Waals surface area contributed by atoms with Crippen LogP contribution in [0.2, 0.25) is 5.15 Å². The van der Waals surface area contributed by atoms with Gasteiger partial charge in [-0.05, 0) is 31.2 Å². The number of amides is 2. The number of carbonyl (C=O) groups excluding carboxylic acids is 3. The highest BCUT2D eigenvalue weighted by Gasteiger charge is 2.22. The van der Waals surface area contributed by atoms with Crippen molar-refractivity contribution in [3.8, 4) is 0 Å². The number of hydrogen-bond acceptors (Lipinski definition) is 5. The number of benzene rings is 1. The van der Waals surface area contributed by atoms with Gasteiger partial charge >= 0.3 is 5.97 Å². The topological polar surface area (TPSA) is 93.5 Å². The maximum atomic E-state index is 12.8. The number of aromatic nitrogens is 2. The van der Waals surface area contributed by atoms with Crippen LogP contribution in [0.3, 0.4) is 0 Å². The number of aryl methyl sites for hydroxylation is 2. The highest BCUT2D eigenvalue weighted by Crippen LogP contribution is 2.19. The summed E-state index contributed by atoms with van der Waals surface area (Å²) < 4.78 is 19.1. The van der Waals surface area contributed by atoms with Crippen LogP contribution < -0.4 is 5.32 Å². The van der Waals surface area contributed by atoms with Crippen molar-refractivity contribution in [3.05, 3.63) is 46.5 Å². The Morgan fingerprint density at radius 3 is 2.48 bits per heavy atom. The lowest BCUT2D eigenvalue weighted by atomic mass is 10.3. The van der Waals surface area contributed by atoms with Gasteiger partial charge in [-0.2, -0.15) is 5.10 Å². The Bertz CT molecular complexity index is 867. The number of halogens is 2. The van der Waals surface area contributed by atoms with E-state index < -0.39 is 30.2 Å². The van der Waals surface area contributed by atoms with Crippen LogP contribution in [0.25, 0.3) is 0 Å². The van der Waals surface area contributed by atoms with Gasteiger partial charge in [0.15, 0.2) is 6.61 Å². The molecule has 0 spiro atoms. The van der Waals surface area contributed by atoms with Crippen molar-refractivity contribution in [1.29, 1.82) is 0 Å². The number of rotatable bonds is 6. The van der Waals surface area contributed by atoms with E-state index in [1.54, 1.807) is 14.0 Å². The molecule has 1 aromatic carbocycles. The van der Waals surface area contributed by atoms with Crippen molar-refractivity contribution in [3.63, 3.8) is 0 Å². The number of anilines is 1.